The van der Waals surface area contributed by atoms with Crippen LogP contribution in [0.1, 0.15) is 18.9 Å². The van der Waals surface area contributed by atoms with Gasteiger partial charge in [0.1, 0.15) is 11.5 Å². The molecule has 6 nitrogen and oxygen atoms in total. The summed E-state index contributed by atoms with van der Waals surface area (Å²) in [6.07, 6.45) is 1.06. The van der Waals surface area contributed by atoms with Gasteiger partial charge < -0.3 is 25.4 Å². The molecular formula is C21H29IN4O2. The highest BCUT2D eigenvalue weighted by Crippen LogP contribution is 2.23. The summed E-state index contributed by atoms with van der Waals surface area (Å²) in [5.41, 5.74) is 1.99. The molecule has 7 heteroatoms. The highest BCUT2D eigenvalue weighted by Gasteiger charge is 2.23. The molecule has 1 atom stereocenters. The maximum Gasteiger partial charge on any atom is 0.191 e. The standard InChI is InChI=1S/C21H28N4O2.HI/c1-3-22-21(23-14-16-13-19(27-2)9-10-20(16)26)24-17-11-12-25(15-17)18-7-5-4-6-8-18;/h4-10,13,17,26H,3,11-12,14-15H2,1-2H3,(H2,22,23,24);1H. The van der Waals surface area contributed by atoms with Gasteiger partial charge >= 0.3 is 0 Å². The van der Waals surface area contributed by atoms with Gasteiger partial charge in [0.05, 0.1) is 13.7 Å². The minimum atomic E-state index is 0. The maximum absolute atomic E-state index is 10.0. The first-order valence-corrected chi connectivity index (χ1v) is 9.40. The molecule has 0 amide bonds. The maximum atomic E-state index is 10.0. The van der Waals surface area contributed by atoms with Gasteiger partial charge in [-0.3, -0.25) is 0 Å². The summed E-state index contributed by atoms with van der Waals surface area (Å²) >= 11 is 0. The van der Waals surface area contributed by atoms with Crippen molar-refractivity contribution in [1.29, 1.82) is 0 Å². The van der Waals surface area contributed by atoms with E-state index < -0.39 is 0 Å². The Hall–Kier alpha value is -2.16. The minimum absolute atomic E-state index is 0. The van der Waals surface area contributed by atoms with Crippen molar-refractivity contribution >= 4 is 35.6 Å². The van der Waals surface area contributed by atoms with Crippen molar-refractivity contribution in [3.63, 3.8) is 0 Å². The smallest absolute Gasteiger partial charge is 0.191 e. The zero-order valence-corrected chi connectivity index (χ0v) is 18.7. The molecule has 1 heterocycles. The van der Waals surface area contributed by atoms with E-state index in [-0.39, 0.29) is 29.7 Å². The first-order chi connectivity index (χ1) is 13.2. The highest BCUT2D eigenvalue weighted by atomic mass is 127. The van der Waals surface area contributed by atoms with E-state index in [2.05, 4.69) is 44.8 Å². The lowest BCUT2D eigenvalue weighted by molar-refractivity contribution is 0.411. The number of hydrogen-bond donors (Lipinski definition) is 3. The van der Waals surface area contributed by atoms with Crippen LogP contribution in [-0.2, 0) is 6.54 Å². The van der Waals surface area contributed by atoms with E-state index in [0.717, 1.165) is 37.6 Å². The molecule has 3 rings (SSSR count). The van der Waals surface area contributed by atoms with E-state index in [1.54, 1.807) is 19.2 Å². The molecule has 152 valence electrons. The SMILES string of the molecule is CCNC(=NCc1cc(OC)ccc1O)NC1CCN(c2ccccc2)C1.I. The molecule has 1 saturated heterocycles. The number of phenols is 1. The Labute approximate surface area is 184 Å². The second-order valence-electron chi connectivity index (χ2n) is 6.60. The van der Waals surface area contributed by atoms with E-state index in [1.807, 2.05) is 19.1 Å². The van der Waals surface area contributed by atoms with Crippen molar-refractivity contribution in [2.75, 3.05) is 31.6 Å². The van der Waals surface area contributed by atoms with Crippen LogP contribution in [0.5, 0.6) is 11.5 Å². The Morgan fingerprint density at radius 3 is 2.75 bits per heavy atom. The monoisotopic (exact) mass is 496 g/mol. The second-order valence-corrected chi connectivity index (χ2v) is 6.60. The summed E-state index contributed by atoms with van der Waals surface area (Å²) in [4.78, 5) is 7.03. The van der Waals surface area contributed by atoms with Gasteiger partial charge in [0, 0.05) is 36.9 Å². The molecule has 2 aromatic carbocycles. The van der Waals surface area contributed by atoms with Gasteiger partial charge in [-0.1, -0.05) is 18.2 Å². The Morgan fingerprint density at radius 1 is 1.25 bits per heavy atom. The summed E-state index contributed by atoms with van der Waals surface area (Å²) in [7, 11) is 1.61. The van der Waals surface area contributed by atoms with Gasteiger partial charge in [-0.2, -0.15) is 0 Å². The quantitative estimate of drug-likeness (QED) is 0.325. The van der Waals surface area contributed by atoms with Crippen LogP contribution in [0, 0.1) is 0 Å². The number of para-hydroxylation sites is 1. The number of aromatic hydroxyl groups is 1. The fourth-order valence-corrected chi connectivity index (χ4v) is 3.24. The largest absolute Gasteiger partial charge is 0.508 e. The van der Waals surface area contributed by atoms with Crippen molar-refractivity contribution in [3.05, 3.63) is 54.1 Å². The first-order valence-electron chi connectivity index (χ1n) is 9.40. The normalized spacial score (nSPS) is 16.4. The summed E-state index contributed by atoms with van der Waals surface area (Å²) in [6, 6.07) is 16.0. The highest BCUT2D eigenvalue weighted by molar-refractivity contribution is 14.0. The number of phenolic OH excluding ortho intramolecular Hbond substituents is 1. The van der Waals surface area contributed by atoms with Gasteiger partial charge in [-0.15, -0.1) is 24.0 Å². The van der Waals surface area contributed by atoms with Crippen LogP contribution in [-0.4, -0.2) is 43.9 Å². The number of guanidine groups is 1. The number of benzene rings is 2. The van der Waals surface area contributed by atoms with Gasteiger partial charge in [-0.05, 0) is 43.7 Å². The summed E-state index contributed by atoms with van der Waals surface area (Å²) in [5.74, 6) is 1.71. The van der Waals surface area contributed by atoms with Crippen molar-refractivity contribution in [3.8, 4) is 11.5 Å². The molecule has 0 radical (unpaired) electrons. The topological polar surface area (TPSA) is 69.1 Å². The second kappa shape index (κ2) is 11.0. The number of aliphatic imine (C=N–C) groups is 1. The number of hydrogen-bond acceptors (Lipinski definition) is 4. The predicted octanol–water partition coefficient (Wildman–Crippen LogP) is 3.35. The first kappa shape index (κ1) is 22.1. The zero-order chi connectivity index (χ0) is 19.1. The Kier molecular flexibility index (Phi) is 8.69. The number of methoxy groups -OCH3 is 1. The van der Waals surface area contributed by atoms with Crippen LogP contribution in [0.2, 0.25) is 0 Å². The number of rotatable bonds is 6. The molecular weight excluding hydrogens is 467 g/mol. The third-order valence-electron chi connectivity index (χ3n) is 4.69. The number of anilines is 1. The Balaban J connectivity index is 0.00000280. The van der Waals surface area contributed by atoms with Crippen molar-refractivity contribution in [1.82, 2.24) is 10.6 Å². The third-order valence-corrected chi connectivity index (χ3v) is 4.69. The third kappa shape index (κ3) is 5.92. The molecule has 0 aliphatic carbocycles. The van der Waals surface area contributed by atoms with Crippen molar-refractivity contribution in [2.24, 2.45) is 4.99 Å². The average molecular weight is 496 g/mol. The summed E-state index contributed by atoms with van der Waals surface area (Å²) in [6.45, 7) is 5.18. The molecule has 1 aliphatic rings. The molecule has 3 N–H and O–H groups in total. The molecule has 0 saturated carbocycles. The number of nitrogens with zero attached hydrogens (tertiary/aromatic N) is 2. The van der Waals surface area contributed by atoms with Crippen LogP contribution in [0.4, 0.5) is 5.69 Å². The van der Waals surface area contributed by atoms with Crippen LogP contribution in [0.25, 0.3) is 0 Å². The van der Waals surface area contributed by atoms with E-state index in [9.17, 15) is 5.11 Å². The van der Waals surface area contributed by atoms with E-state index in [0.29, 0.717) is 18.3 Å². The molecule has 0 spiro atoms. The summed E-state index contributed by atoms with van der Waals surface area (Å²) in [5, 5.41) is 16.9. The van der Waals surface area contributed by atoms with Crippen LogP contribution in [0.15, 0.2) is 53.5 Å². The van der Waals surface area contributed by atoms with Gasteiger partial charge in [0.2, 0.25) is 0 Å². The predicted molar refractivity (Wildman–Crippen MR) is 125 cm³/mol. The number of ether oxygens (including phenoxy) is 1. The molecule has 0 bridgehead atoms. The molecule has 2 aromatic rings. The lowest BCUT2D eigenvalue weighted by Crippen LogP contribution is -2.44. The van der Waals surface area contributed by atoms with Gasteiger partial charge in [0.25, 0.3) is 0 Å². The molecule has 1 aliphatic heterocycles. The van der Waals surface area contributed by atoms with Crippen molar-refractivity contribution in [2.45, 2.75) is 25.9 Å². The average Bonchev–Trinajstić information content (AvgIpc) is 3.16. The van der Waals surface area contributed by atoms with Crippen LogP contribution in [0.3, 0.4) is 0 Å². The fourth-order valence-electron chi connectivity index (χ4n) is 3.24. The zero-order valence-electron chi connectivity index (χ0n) is 16.4. The fraction of sp³-hybridized carbons (Fsp3) is 0.381. The van der Waals surface area contributed by atoms with Crippen LogP contribution >= 0.6 is 24.0 Å². The lowest BCUT2D eigenvalue weighted by Gasteiger charge is -2.20. The molecule has 1 fully saturated rings. The Morgan fingerprint density at radius 2 is 2.04 bits per heavy atom. The van der Waals surface area contributed by atoms with Crippen LogP contribution < -0.4 is 20.3 Å². The number of halogens is 1. The molecule has 28 heavy (non-hydrogen) atoms. The Bertz CT molecular complexity index is 770. The van der Waals surface area contributed by atoms with Gasteiger partial charge in [0.15, 0.2) is 5.96 Å². The number of nitrogens with one attached hydrogen (secondary N) is 2. The van der Waals surface area contributed by atoms with Crippen molar-refractivity contribution < 1.29 is 9.84 Å². The molecule has 1 unspecified atom stereocenters. The molecule has 0 aromatic heterocycles. The minimum Gasteiger partial charge on any atom is -0.508 e. The van der Waals surface area contributed by atoms with Gasteiger partial charge in [-0.25, -0.2) is 4.99 Å². The van der Waals surface area contributed by atoms with E-state index in [4.69, 9.17) is 4.74 Å². The van der Waals surface area contributed by atoms with E-state index >= 15 is 0 Å². The lowest BCUT2D eigenvalue weighted by atomic mass is 10.2. The van der Waals surface area contributed by atoms with E-state index in [1.165, 1.54) is 5.69 Å². The summed E-state index contributed by atoms with van der Waals surface area (Å²) < 4.78 is 5.23.